The third-order valence-electron chi connectivity index (χ3n) is 3.27. The maximum Gasteiger partial charge on any atom is 0.282 e. The Labute approximate surface area is 110 Å². The monoisotopic (exact) mass is 279 g/mol. The van der Waals surface area contributed by atoms with Gasteiger partial charge in [-0.1, -0.05) is 13.8 Å². The van der Waals surface area contributed by atoms with E-state index in [1.807, 2.05) is 32.8 Å². The van der Waals surface area contributed by atoms with Crippen LogP contribution in [0.2, 0.25) is 0 Å². The molecule has 1 saturated heterocycles. The molecule has 6 nitrogen and oxygen atoms in total. The summed E-state index contributed by atoms with van der Waals surface area (Å²) in [6, 6.07) is 0. The maximum atomic E-state index is 12.3. The van der Waals surface area contributed by atoms with Crippen LogP contribution in [-0.4, -0.2) is 79.5 Å². The van der Waals surface area contributed by atoms with Gasteiger partial charge in [0.05, 0.1) is 5.60 Å². The van der Waals surface area contributed by atoms with Crippen LogP contribution in [0.4, 0.5) is 0 Å². The van der Waals surface area contributed by atoms with Crippen LogP contribution >= 0.6 is 0 Å². The Bertz CT molecular complexity index is 368. The summed E-state index contributed by atoms with van der Waals surface area (Å²) in [4.78, 5) is 1.88. The standard InChI is InChI=1S/C11H25N3O3S/c1-5-13(6-2)18(16,17)14-8-7-11(15,10-14)9-12(3)4/h15H,5-10H2,1-4H3. The van der Waals surface area contributed by atoms with Crippen molar-refractivity contribution >= 4 is 10.2 Å². The highest BCUT2D eigenvalue weighted by Gasteiger charge is 2.42. The zero-order valence-corrected chi connectivity index (χ0v) is 12.6. The average Bonchev–Trinajstić information content (AvgIpc) is 2.61. The van der Waals surface area contributed by atoms with Crippen molar-refractivity contribution in [3.05, 3.63) is 0 Å². The minimum Gasteiger partial charge on any atom is -0.387 e. The van der Waals surface area contributed by atoms with Gasteiger partial charge in [-0.05, 0) is 20.5 Å². The van der Waals surface area contributed by atoms with Crippen LogP contribution in [0.25, 0.3) is 0 Å². The molecule has 7 heteroatoms. The van der Waals surface area contributed by atoms with Gasteiger partial charge in [-0.15, -0.1) is 0 Å². The molecular weight excluding hydrogens is 254 g/mol. The Balaban J connectivity index is 2.77. The van der Waals surface area contributed by atoms with Crippen molar-refractivity contribution in [1.29, 1.82) is 0 Å². The van der Waals surface area contributed by atoms with Crippen molar-refractivity contribution in [3.63, 3.8) is 0 Å². The number of rotatable bonds is 6. The van der Waals surface area contributed by atoms with Crippen molar-refractivity contribution in [2.24, 2.45) is 0 Å². The molecule has 0 aliphatic carbocycles. The minimum absolute atomic E-state index is 0.185. The molecule has 1 rings (SSSR count). The molecule has 0 spiro atoms. The van der Waals surface area contributed by atoms with Gasteiger partial charge in [0.15, 0.2) is 0 Å². The third kappa shape index (κ3) is 3.42. The van der Waals surface area contributed by atoms with Gasteiger partial charge in [-0.3, -0.25) is 0 Å². The molecule has 0 bridgehead atoms. The predicted molar refractivity (Wildman–Crippen MR) is 71.5 cm³/mol. The third-order valence-corrected chi connectivity index (χ3v) is 5.40. The van der Waals surface area contributed by atoms with E-state index in [2.05, 4.69) is 0 Å². The summed E-state index contributed by atoms with van der Waals surface area (Å²) in [7, 11) is 0.329. The Morgan fingerprint density at radius 3 is 2.28 bits per heavy atom. The van der Waals surface area contributed by atoms with E-state index in [-0.39, 0.29) is 6.54 Å². The van der Waals surface area contributed by atoms with Gasteiger partial charge in [-0.2, -0.15) is 17.0 Å². The molecule has 0 aromatic heterocycles. The SMILES string of the molecule is CCN(CC)S(=O)(=O)N1CCC(O)(CN(C)C)C1. The van der Waals surface area contributed by atoms with Crippen LogP contribution in [0, 0.1) is 0 Å². The summed E-state index contributed by atoms with van der Waals surface area (Å²) in [6.45, 7) is 5.62. The molecule has 0 aromatic rings. The minimum atomic E-state index is -3.42. The fourth-order valence-corrected chi connectivity index (χ4v) is 4.15. The molecular formula is C11H25N3O3S. The number of hydrogen-bond donors (Lipinski definition) is 1. The van der Waals surface area contributed by atoms with Crippen LogP contribution in [-0.2, 0) is 10.2 Å². The van der Waals surface area contributed by atoms with Crippen molar-refractivity contribution in [2.75, 3.05) is 46.8 Å². The Morgan fingerprint density at radius 1 is 1.28 bits per heavy atom. The molecule has 1 aliphatic heterocycles. The second-order valence-corrected chi connectivity index (χ2v) is 7.07. The quantitative estimate of drug-likeness (QED) is 0.717. The number of β-amino-alcohol motifs (C(OH)–C–C–N with tert-alkyl or cyclic N) is 1. The van der Waals surface area contributed by atoms with Crippen molar-refractivity contribution in [2.45, 2.75) is 25.9 Å². The molecule has 0 saturated carbocycles. The number of hydrogen-bond acceptors (Lipinski definition) is 4. The smallest absolute Gasteiger partial charge is 0.282 e. The largest absolute Gasteiger partial charge is 0.387 e. The highest BCUT2D eigenvalue weighted by atomic mass is 32.2. The van der Waals surface area contributed by atoms with Crippen LogP contribution in [0.1, 0.15) is 20.3 Å². The lowest BCUT2D eigenvalue weighted by Gasteiger charge is -2.28. The van der Waals surface area contributed by atoms with Gasteiger partial charge >= 0.3 is 0 Å². The first-order valence-corrected chi connectivity index (χ1v) is 7.77. The fourth-order valence-electron chi connectivity index (χ4n) is 2.45. The lowest BCUT2D eigenvalue weighted by atomic mass is 10.0. The van der Waals surface area contributed by atoms with Crippen molar-refractivity contribution < 1.29 is 13.5 Å². The van der Waals surface area contributed by atoms with E-state index in [9.17, 15) is 13.5 Å². The zero-order valence-electron chi connectivity index (χ0n) is 11.8. The second kappa shape index (κ2) is 5.83. The molecule has 1 aliphatic rings. The molecule has 0 aromatic carbocycles. The van der Waals surface area contributed by atoms with Crippen LogP contribution in [0.3, 0.4) is 0 Å². The highest BCUT2D eigenvalue weighted by Crippen LogP contribution is 2.25. The first-order chi connectivity index (χ1) is 8.25. The molecule has 1 atom stereocenters. The van der Waals surface area contributed by atoms with E-state index < -0.39 is 15.8 Å². The molecule has 0 radical (unpaired) electrons. The van der Waals surface area contributed by atoms with Gasteiger partial charge in [0.1, 0.15) is 0 Å². The summed E-state index contributed by atoms with van der Waals surface area (Å²) in [6.07, 6.45) is 0.492. The number of aliphatic hydroxyl groups is 1. The zero-order chi connectivity index (χ0) is 14.0. The summed E-state index contributed by atoms with van der Waals surface area (Å²) in [5, 5.41) is 10.4. The van der Waals surface area contributed by atoms with E-state index in [1.165, 1.54) is 8.61 Å². The fraction of sp³-hybridized carbons (Fsp3) is 1.00. The average molecular weight is 279 g/mol. The normalized spacial score (nSPS) is 26.4. The highest BCUT2D eigenvalue weighted by molar-refractivity contribution is 7.86. The Kier molecular flexibility index (Phi) is 5.13. The number of likely N-dealkylation sites (N-methyl/N-ethyl adjacent to an activating group) is 1. The van der Waals surface area contributed by atoms with E-state index >= 15 is 0 Å². The molecule has 1 N–H and O–H groups in total. The second-order valence-electron chi connectivity index (χ2n) is 5.14. The summed E-state index contributed by atoms with van der Waals surface area (Å²) in [5.41, 5.74) is -0.927. The maximum absolute atomic E-state index is 12.3. The van der Waals surface area contributed by atoms with Crippen molar-refractivity contribution in [1.82, 2.24) is 13.5 Å². The van der Waals surface area contributed by atoms with Crippen LogP contribution in [0.5, 0.6) is 0 Å². The first-order valence-electron chi connectivity index (χ1n) is 6.37. The molecule has 0 amide bonds. The van der Waals surface area contributed by atoms with Crippen LogP contribution < -0.4 is 0 Å². The van der Waals surface area contributed by atoms with E-state index in [0.717, 1.165) is 0 Å². The van der Waals surface area contributed by atoms with Gasteiger partial charge in [-0.25, -0.2) is 0 Å². The summed E-state index contributed by atoms with van der Waals surface area (Å²) < 4.78 is 27.4. The van der Waals surface area contributed by atoms with E-state index in [4.69, 9.17) is 0 Å². The molecule has 108 valence electrons. The van der Waals surface area contributed by atoms with Gasteiger partial charge in [0.25, 0.3) is 10.2 Å². The summed E-state index contributed by atoms with van der Waals surface area (Å²) in [5.74, 6) is 0. The predicted octanol–water partition coefficient (Wildman–Crippen LogP) is -0.429. The van der Waals surface area contributed by atoms with E-state index in [0.29, 0.717) is 32.6 Å². The lowest BCUT2D eigenvalue weighted by molar-refractivity contribution is 0.0299. The number of nitrogens with zero attached hydrogens (tertiary/aromatic N) is 3. The molecule has 1 unspecified atom stereocenters. The first kappa shape index (κ1) is 15.8. The topological polar surface area (TPSA) is 64.1 Å². The van der Waals surface area contributed by atoms with Gasteiger partial charge < -0.3 is 10.0 Å². The van der Waals surface area contributed by atoms with Crippen LogP contribution in [0.15, 0.2) is 0 Å². The van der Waals surface area contributed by atoms with Gasteiger partial charge in [0, 0.05) is 32.7 Å². The molecule has 1 heterocycles. The molecule has 1 fully saturated rings. The Morgan fingerprint density at radius 2 is 1.83 bits per heavy atom. The van der Waals surface area contributed by atoms with E-state index in [1.54, 1.807) is 0 Å². The molecule has 18 heavy (non-hydrogen) atoms. The summed E-state index contributed by atoms with van der Waals surface area (Å²) >= 11 is 0. The van der Waals surface area contributed by atoms with Gasteiger partial charge in [0.2, 0.25) is 0 Å². The Hall–Kier alpha value is -0.210. The van der Waals surface area contributed by atoms with Crippen molar-refractivity contribution in [3.8, 4) is 0 Å². The lowest BCUT2D eigenvalue weighted by Crippen LogP contribution is -2.47.